The Bertz CT molecular complexity index is 809. The first-order valence-corrected chi connectivity index (χ1v) is 20.6. The van der Waals surface area contributed by atoms with Crippen molar-refractivity contribution >= 4 is 11.9 Å². The monoisotopic (exact) mass is 671 g/mol. The quantitative estimate of drug-likeness (QED) is 0.0406. The molecule has 0 radical (unpaired) electrons. The summed E-state index contributed by atoms with van der Waals surface area (Å²) in [5, 5.41) is 8.66. The van der Waals surface area contributed by atoms with Crippen molar-refractivity contribution in [3.8, 4) is 0 Å². The number of carbonyl (C=O) groups excluding carboxylic acids is 1. The van der Waals surface area contributed by atoms with Crippen LogP contribution in [0.3, 0.4) is 0 Å². The van der Waals surface area contributed by atoms with Gasteiger partial charge < -0.3 is 9.84 Å². The highest BCUT2D eigenvalue weighted by Gasteiger charge is 2.12. The van der Waals surface area contributed by atoms with E-state index in [1.165, 1.54) is 116 Å². The zero-order valence-electron chi connectivity index (χ0n) is 31.8. The predicted octanol–water partition coefficient (Wildman–Crippen LogP) is 14.3. The van der Waals surface area contributed by atoms with E-state index < -0.39 is 5.97 Å². The van der Waals surface area contributed by atoms with E-state index in [0.717, 1.165) is 70.6 Å². The van der Waals surface area contributed by atoms with Crippen LogP contribution in [0, 0.1) is 0 Å². The van der Waals surface area contributed by atoms with Crippen LogP contribution >= 0.6 is 0 Å². The molecule has 1 atom stereocenters. The summed E-state index contributed by atoms with van der Waals surface area (Å²) in [6, 6.07) is 0. The van der Waals surface area contributed by atoms with Crippen LogP contribution in [0.2, 0.25) is 0 Å². The number of esters is 1. The highest BCUT2D eigenvalue weighted by Crippen LogP contribution is 2.17. The van der Waals surface area contributed by atoms with Crippen LogP contribution in [0.4, 0.5) is 0 Å². The Morgan fingerprint density at radius 3 is 1.29 bits per heavy atom. The van der Waals surface area contributed by atoms with Gasteiger partial charge in [0.1, 0.15) is 6.10 Å². The van der Waals surface area contributed by atoms with E-state index >= 15 is 0 Å². The number of unbranched alkanes of at least 4 members (excludes halogenated alkanes) is 21. The van der Waals surface area contributed by atoms with E-state index in [1.807, 2.05) is 0 Å². The lowest BCUT2D eigenvalue weighted by molar-refractivity contribution is -0.149. The van der Waals surface area contributed by atoms with E-state index in [4.69, 9.17) is 9.84 Å². The summed E-state index contributed by atoms with van der Waals surface area (Å²) in [7, 11) is 0. The van der Waals surface area contributed by atoms with Crippen molar-refractivity contribution in [2.45, 2.75) is 219 Å². The molecule has 0 aliphatic carbocycles. The molecule has 0 heterocycles. The van der Waals surface area contributed by atoms with Gasteiger partial charge in [-0.2, -0.15) is 0 Å². The Labute approximate surface area is 298 Å². The van der Waals surface area contributed by atoms with E-state index in [2.05, 4.69) is 62.5 Å². The average molecular weight is 671 g/mol. The van der Waals surface area contributed by atoms with Crippen LogP contribution in [0.25, 0.3) is 0 Å². The molecule has 0 rings (SSSR count). The molecule has 0 bridgehead atoms. The third kappa shape index (κ3) is 38.3. The minimum atomic E-state index is -0.665. The molecule has 0 aliphatic heterocycles. The molecule has 4 heteroatoms. The molecule has 278 valence electrons. The molecule has 0 aliphatic rings. The van der Waals surface area contributed by atoms with Crippen molar-refractivity contribution < 1.29 is 19.4 Å². The predicted molar refractivity (Wildman–Crippen MR) is 209 cm³/mol. The number of rotatable bonds is 37. The van der Waals surface area contributed by atoms with E-state index in [0.29, 0.717) is 12.8 Å². The zero-order chi connectivity index (χ0) is 35.0. The van der Waals surface area contributed by atoms with E-state index in [-0.39, 0.29) is 12.1 Å². The van der Waals surface area contributed by atoms with Gasteiger partial charge in [0.05, 0.1) is 0 Å². The number of carboxylic acid groups (broad SMARTS) is 1. The van der Waals surface area contributed by atoms with Crippen LogP contribution in [0.5, 0.6) is 0 Å². The molecule has 0 aromatic heterocycles. The number of carbonyl (C=O) groups is 2. The average Bonchev–Trinajstić information content (AvgIpc) is 3.08. The lowest BCUT2D eigenvalue weighted by atomic mass is 10.0. The van der Waals surface area contributed by atoms with Crippen molar-refractivity contribution in [1.82, 2.24) is 0 Å². The van der Waals surface area contributed by atoms with Crippen LogP contribution in [0.1, 0.15) is 213 Å². The van der Waals surface area contributed by atoms with E-state index in [1.54, 1.807) is 0 Å². The molecule has 0 saturated carbocycles. The highest BCUT2D eigenvalue weighted by atomic mass is 16.5. The third-order valence-corrected chi connectivity index (χ3v) is 9.13. The maximum atomic E-state index is 12.3. The summed E-state index contributed by atoms with van der Waals surface area (Å²) in [6.45, 7) is 4.38. The molecule has 0 fully saturated rings. The van der Waals surface area contributed by atoms with Crippen LogP contribution in [-0.4, -0.2) is 23.1 Å². The van der Waals surface area contributed by atoms with Gasteiger partial charge in [0, 0.05) is 12.8 Å². The smallest absolute Gasteiger partial charge is 0.306 e. The number of ether oxygens (including phenoxy) is 1. The minimum Gasteiger partial charge on any atom is -0.481 e. The van der Waals surface area contributed by atoms with E-state index in [9.17, 15) is 9.59 Å². The van der Waals surface area contributed by atoms with Gasteiger partial charge in [0.15, 0.2) is 0 Å². The number of allylic oxidation sites excluding steroid dienone is 8. The highest BCUT2D eigenvalue weighted by molar-refractivity contribution is 5.69. The Balaban J connectivity index is 3.51. The molecule has 0 saturated heterocycles. The third-order valence-electron chi connectivity index (χ3n) is 9.13. The Kier molecular flexibility index (Phi) is 37.6. The maximum Gasteiger partial charge on any atom is 0.306 e. The molecule has 48 heavy (non-hydrogen) atoms. The van der Waals surface area contributed by atoms with Crippen LogP contribution in [0.15, 0.2) is 48.6 Å². The van der Waals surface area contributed by atoms with Crippen molar-refractivity contribution in [2.75, 3.05) is 0 Å². The largest absolute Gasteiger partial charge is 0.481 e. The van der Waals surface area contributed by atoms with Gasteiger partial charge in [0.25, 0.3) is 0 Å². The van der Waals surface area contributed by atoms with Crippen molar-refractivity contribution in [2.24, 2.45) is 0 Å². The Morgan fingerprint density at radius 2 is 0.854 bits per heavy atom. The normalized spacial score (nSPS) is 12.7. The molecule has 0 spiro atoms. The first-order valence-electron chi connectivity index (χ1n) is 20.6. The van der Waals surface area contributed by atoms with Crippen LogP contribution in [-0.2, 0) is 14.3 Å². The number of aliphatic carboxylic acids is 1. The molecular formula is C44H78O4. The Morgan fingerprint density at radius 1 is 0.479 bits per heavy atom. The second-order valence-corrected chi connectivity index (χ2v) is 13.8. The standard InChI is InChI=1S/C44H78O4/c1-3-5-6-7-8-9-10-11-12-13-14-15-20-23-26-29-32-35-38-41-44(47)48-42(4-2)39-36-33-30-27-24-21-18-16-17-19-22-25-28-31-34-37-40-43(45)46/h8-9,11-12,14-15,23,26,42H,3-7,10,13,16-22,24-25,27-41H2,1-2H3,(H,45,46)/b9-8-,12-11-,15-14-,26-23-. The van der Waals surface area contributed by atoms with Crippen molar-refractivity contribution in [3.63, 3.8) is 0 Å². The second-order valence-electron chi connectivity index (χ2n) is 13.8. The fourth-order valence-corrected chi connectivity index (χ4v) is 5.98. The molecular weight excluding hydrogens is 592 g/mol. The summed E-state index contributed by atoms with van der Waals surface area (Å²) < 4.78 is 5.79. The maximum absolute atomic E-state index is 12.3. The number of carboxylic acids is 1. The van der Waals surface area contributed by atoms with Gasteiger partial charge in [-0.15, -0.1) is 0 Å². The molecule has 0 amide bonds. The summed E-state index contributed by atoms with van der Waals surface area (Å²) >= 11 is 0. The summed E-state index contributed by atoms with van der Waals surface area (Å²) in [6.07, 6.45) is 53.7. The minimum absolute atomic E-state index is 0.00689. The number of hydrogen-bond donors (Lipinski definition) is 1. The fourth-order valence-electron chi connectivity index (χ4n) is 5.98. The van der Waals surface area contributed by atoms with Gasteiger partial charge in [-0.3, -0.25) is 9.59 Å². The molecule has 0 aromatic carbocycles. The van der Waals surface area contributed by atoms with Gasteiger partial charge >= 0.3 is 11.9 Å². The lowest BCUT2D eigenvalue weighted by Crippen LogP contribution is -2.17. The molecule has 4 nitrogen and oxygen atoms in total. The first kappa shape index (κ1) is 45.9. The topological polar surface area (TPSA) is 63.6 Å². The van der Waals surface area contributed by atoms with Gasteiger partial charge in [-0.1, -0.05) is 172 Å². The first-order chi connectivity index (χ1) is 23.6. The van der Waals surface area contributed by atoms with Crippen molar-refractivity contribution in [3.05, 3.63) is 48.6 Å². The molecule has 1 unspecified atom stereocenters. The summed E-state index contributed by atoms with van der Waals surface area (Å²) in [5.74, 6) is -0.672. The fraction of sp³-hybridized carbons (Fsp3) is 0.773. The molecule has 0 aromatic rings. The SMILES string of the molecule is CCCCC/C=C\C/C=C\C/C=C\C/C=C\CCCCCC(=O)OC(CC)CCCCCCCCCCCCCCCCCCC(=O)O. The second kappa shape index (κ2) is 39.3. The summed E-state index contributed by atoms with van der Waals surface area (Å²) in [4.78, 5) is 22.8. The summed E-state index contributed by atoms with van der Waals surface area (Å²) in [5.41, 5.74) is 0. The zero-order valence-corrected chi connectivity index (χ0v) is 31.8. The van der Waals surface area contributed by atoms with Gasteiger partial charge in [-0.05, 0) is 77.0 Å². The lowest BCUT2D eigenvalue weighted by Gasteiger charge is -2.16. The van der Waals surface area contributed by atoms with Crippen LogP contribution < -0.4 is 0 Å². The van der Waals surface area contributed by atoms with Gasteiger partial charge in [-0.25, -0.2) is 0 Å². The van der Waals surface area contributed by atoms with Crippen molar-refractivity contribution in [1.29, 1.82) is 0 Å². The number of hydrogen-bond acceptors (Lipinski definition) is 3. The molecule has 1 N–H and O–H groups in total. The van der Waals surface area contributed by atoms with Gasteiger partial charge in [0.2, 0.25) is 0 Å². The Hall–Kier alpha value is -2.10.